The lowest BCUT2D eigenvalue weighted by Crippen LogP contribution is -2.52. The van der Waals surface area contributed by atoms with E-state index in [9.17, 15) is 4.79 Å². The molecule has 1 heterocycles. The molecule has 6 heteroatoms. The number of nitrogens with zero attached hydrogens (tertiary/aromatic N) is 2. The first-order valence-corrected chi connectivity index (χ1v) is 8.10. The number of anilines is 2. The van der Waals surface area contributed by atoms with E-state index in [2.05, 4.69) is 5.32 Å². The summed E-state index contributed by atoms with van der Waals surface area (Å²) in [6, 6.07) is 5.74. The van der Waals surface area contributed by atoms with Crippen LogP contribution in [0.25, 0.3) is 0 Å². The fraction of sp³-hybridized carbons (Fsp3) is 0.562. The maximum Gasteiger partial charge on any atom is 0.322 e. The Morgan fingerprint density at radius 2 is 2.23 bits per heavy atom. The van der Waals surface area contributed by atoms with Crippen molar-refractivity contribution < 1.29 is 9.53 Å². The predicted octanol–water partition coefficient (Wildman–Crippen LogP) is 3.19. The first-order valence-electron chi connectivity index (χ1n) is 7.72. The number of morpholine rings is 1. The van der Waals surface area contributed by atoms with E-state index >= 15 is 0 Å². The summed E-state index contributed by atoms with van der Waals surface area (Å²) in [6.07, 6.45) is 3.41. The second-order valence-corrected chi connectivity index (χ2v) is 6.50. The zero-order chi connectivity index (χ0) is 15.7. The zero-order valence-corrected chi connectivity index (χ0v) is 13.8. The van der Waals surface area contributed by atoms with Crippen LogP contribution in [0.1, 0.15) is 19.3 Å². The van der Waals surface area contributed by atoms with Crippen LogP contribution in [0.5, 0.6) is 0 Å². The molecule has 2 aliphatic rings. The fourth-order valence-corrected chi connectivity index (χ4v) is 3.67. The third kappa shape index (κ3) is 3.01. The van der Waals surface area contributed by atoms with Crippen LogP contribution in [0.3, 0.4) is 0 Å². The van der Waals surface area contributed by atoms with Gasteiger partial charge in [-0.05, 0) is 37.5 Å². The number of fused-ring (bicyclic) bond motifs is 1. The van der Waals surface area contributed by atoms with Crippen molar-refractivity contribution in [1.82, 2.24) is 4.90 Å². The maximum atomic E-state index is 12.5. The number of amides is 2. The van der Waals surface area contributed by atoms with Crippen molar-refractivity contribution in [2.24, 2.45) is 0 Å². The van der Waals surface area contributed by atoms with E-state index in [1.54, 1.807) is 6.07 Å². The van der Waals surface area contributed by atoms with Crippen LogP contribution < -0.4 is 10.2 Å². The Kier molecular flexibility index (Phi) is 4.45. The molecule has 0 radical (unpaired) electrons. The molecule has 5 nitrogen and oxygen atoms in total. The third-order valence-electron chi connectivity index (χ3n) is 4.42. The minimum Gasteiger partial charge on any atom is -0.376 e. The highest BCUT2D eigenvalue weighted by atomic mass is 35.5. The molecule has 22 heavy (non-hydrogen) atoms. The number of benzene rings is 1. The second kappa shape index (κ2) is 6.34. The van der Waals surface area contributed by atoms with Gasteiger partial charge in [0.2, 0.25) is 0 Å². The van der Waals surface area contributed by atoms with Crippen LogP contribution >= 0.6 is 11.6 Å². The van der Waals surface area contributed by atoms with Gasteiger partial charge in [-0.25, -0.2) is 4.79 Å². The van der Waals surface area contributed by atoms with Gasteiger partial charge in [0, 0.05) is 26.3 Å². The molecule has 3 rings (SSSR count). The number of ether oxygens (including phenoxy) is 1. The van der Waals surface area contributed by atoms with Gasteiger partial charge in [0.25, 0.3) is 0 Å². The summed E-state index contributed by atoms with van der Waals surface area (Å²) in [4.78, 5) is 16.4. The largest absolute Gasteiger partial charge is 0.376 e. The van der Waals surface area contributed by atoms with E-state index in [-0.39, 0.29) is 18.2 Å². The highest BCUT2D eigenvalue weighted by Crippen LogP contribution is 2.31. The highest BCUT2D eigenvalue weighted by Gasteiger charge is 2.38. The van der Waals surface area contributed by atoms with Gasteiger partial charge >= 0.3 is 6.03 Å². The summed E-state index contributed by atoms with van der Waals surface area (Å²) < 4.78 is 5.75. The van der Waals surface area contributed by atoms with Crippen molar-refractivity contribution in [2.45, 2.75) is 31.4 Å². The molecule has 2 fully saturated rings. The first-order chi connectivity index (χ1) is 10.6. The molecule has 0 unspecified atom stereocenters. The average molecular weight is 324 g/mol. The smallest absolute Gasteiger partial charge is 0.322 e. The van der Waals surface area contributed by atoms with Gasteiger partial charge in [0.15, 0.2) is 0 Å². The number of hydrogen-bond acceptors (Lipinski definition) is 3. The Labute approximate surface area is 136 Å². The van der Waals surface area contributed by atoms with Gasteiger partial charge in [0.1, 0.15) is 0 Å². The Balaban J connectivity index is 1.70. The zero-order valence-electron chi connectivity index (χ0n) is 13.0. The van der Waals surface area contributed by atoms with Crippen molar-refractivity contribution >= 4 is 29.0 Å². The molecule has 1 aromatic rings. The molecule has 2 atom stereocenters. The normalized spacial score (nSPS) is 24.0. The van der Waals surface area contributed by atoms with Crippen LogP contribution in [0.2, 0.25) is 5.02 Å². The standard InChI is InChI=1S/C16H22ClN3O2/c1-19(2)13-7-6-11(10-12(13)17)18-16(21)20-8-9-22-15-5-3-4-14(15)20/h6-7,10,14-15H,3-5,8-9H2,1-2H3,(H,18,21)/t14-,15-/m0/s1. The van der Waals surface area contributed by atoms with Crippen molar-refractivity contribution in [3.05, 3.63) is 23.2 Å². The SMILES string of the molecule is CN(C)c1ccc(NC(=O)N2CCO[C@H]3CCC[C@@H]32)cc1Cl. The van der Waals surface area contributed by atoms with Gasteiger partial charge in [0.05, 0.1) is 29.5 Å². The number of halogens is 1. The first kappa shape index (κ1) is 15.4. The molecule has 2 amide bonds. The number of nitrogens with one attached hydrogen (secondary N) is 1. The van der Waals surface area contributed by atoms with E-state index in [1.807, 2.05) is 36.0 Å². The molecular weight excluding hydrogens is 302 g/mol. The fourth-order valence-electron chi connectivity index (χ4n) is 3.32. The minimum atomic E-state index is -0.0612. The van der Waals surface area contributed by atoms with Gasteiger partial charge in [-0.2, -0.15) is 0 Å². The van der Waals surface area contributed by atoms with Gasteiger partial charge in [-0.3, -0.25) is 0 Å². The lowest BCUT2D eigenvalue weighted by molar-refractivity contribution is -0.0362. The Morgan fingerprint density at radius 3 is 2.95 bits per heavy atom. The Hall–Kier alpha value is -1.46. The molecule has 1 aromatic carbocycles. The molecule has 1 aliphatic carbocycles. The van der Waals surface area contributed by atoms with E-state index in [1.165, 1.54) is 0 Å². The molecule has 1 saturated heterocycles. The number of carbonyl (C=O) groups excluding carboxylic acids is 1. The van der Waals surface area contributed by atoms with Crippen LogP contribution in [0, 0.1) is 0 Å². The van der Waals surface area contributed by atoms with Crippen molar-refractivity contribution in [3.8, 4) is 0 Å². The lowest BCUT2D eigenvalue weighted by Gasteiger charge is -2.37. The molecule has 0 aromatic heterocycles. The summed E-state index contributed by atoms with van der Waals surface area (Å²) in [5.41, 5.74) is 1.66. The molecule has 120 valence electrons. The van der Waals surface area contributed by atoms with Crippen LogP contribution in [0.4, 0.5) is 16.2 Å². The minimum absolute atomic E-state index is 0.0612. The van der Waals surface area contributed by atoms with Crippen molar-refractivity contribution in [2.75, 3.05) is 37.5 Å². The highest BCUT2D eigenvalue weighted by molar-refractivity contribution is 6.33. The maximum absolute atomic E-state index is 12.5. The molecule has 0 bridgehead atoms. The monoisotopic (exact) mass is 323 g/mol. The number of carbonyl (C=O) groups is 1. The third-order valence-corrected chi connectivity index (χ3v) is 4.73. The van der Waals surface area contributed by atoms with Crippen molar-refractivity contribution in [1.29, 1.82) is 0 Å². The summed E-state index contributed by atoms with van der Waals surface area (Å²) in [7, 11) is 3.88. The van der Waals surface area contributed by atoms with Crippen LogP contribution in [0.15, 0.2) is 18.2 Å². The molecular formula is C16H22ClN3O2. The molecule has 1 N–H and O–H groups in total. The van der Waals surface area contributed by atoms with E-state index in [4.69, 9.17) is 16.3 Å². The van der Waals surface area contributed by atoms with Crippen LogP contribution in [-0.4, -0.2) is 50.3 Å². The van der Waals surface area contributed by atoms with Gasteiger partial charge in [-0.1, -0.05) is 11.6 Å². The topological polar surface area (TPSA) is 44.8 Å². The number of hydrogen-bond donors (Lipinski definition) is 1. The average Bonchev–Trinajstić information content (AvgIpc) is 2.95. The summed E-state index contributed by atoms with van der Waals surface area (Å²) >= 11 is 6.26. The molecule has 0 spiro atoms. The Bertz CT molecular complexity index is 564. The van der Waals surface area contributed by atoms with Crippen molar-refractivity contribution in [3.63, 3.8) is 0 Å². The lowest BCUT2D eigenvalue weighted by atomic mass is 10.1. The van der Waals surface area contributed by atoms with E-state index < -0.39 is 0 Å². The van der Waals surface area contributed by atoms with Gasteiger partial charge < -0.3 is 19.9 Å². The summed E-state index contributed by atoms with van der Waals surface area (Å²) in [5.74, 6) is 0. The van der Waals surface area contributed by atoms with E-state index in [0.29, 0.717) is 18.2 Å². The Morgan fingerprint density at radius 1 is 1.41 bits per heavy atom. The van der Waals surface area contributed by atoms with Crippen LogP contribution in [-0.2, 0) is 4.74 Å². The molecule has 1 aliphatic heterocycles. The van der Waals surface area contributed by atoms with E-state index in [0.717, 1.165) is 30.6 Å². The molecule has 1 saturated carbocycles. The van der Waals surface area contributed by atoms with Gasteiger partial charge in [-0.15, -0.1) is 0 Å². The predicted molar refractivity (Wildman–Crippen MR) is 88.9 cm³/mol. The quantitative estimate of drug-likeness (QED) is 0.909. The number of rotatable bonds is 2. The summed E-state index contributed by atoms with van der Waals surface area (Å²) in [6.45, 7) is 1.27. The summed E-state index contributed by atoms with van der Waals surface area (Å²) in [5, 5.41) is 3.59. The number of urea groups is 1. The second-order valence-electron chi connectivity index (χ2n) is 6.09.